The fourth-order valence-electron chi connectivity index (χ4n) is 4.58. The molecule has 7 nitrogen and oxygen atoms in total. The Morgan fingerprint density at radius 2 is 1.87 bits per heavy atom. The molecule has 0 saturated carbocycles. The molecule has 1 N–H and O–H groups in total. The van der Waals surface area contributed by atoms with E-state index < -0.39 is 11.5 Å². The van der Waals surface area contributed by atoms with Gasteiger partial charge in [0.05, 0.1) is 23.6 Å². The topological polar surface area (TPSA) is 82.7 Å². The van der Waals surface area contributed by atoms with E-state index in [-0.39, 0.29) is 18.5 Å². The van der Waals surface area contributed by atoms with Gasteiger partial charge in [-0.15, -0.1) is 0 Å². The molecule has 0 bridgehead atoms. The summed E-state index contributed by atoms with van der Waals surface area (Å²) >= 11 is 0. The van der Waals surface area contributed by atoms with Gasteiger partial charge in [0.15, 0.2) is 5.54 Å². The molecule has 2 aliphatic rings. The van der Waals surface area contributed by atoms with Gasteiger partial charge < -0.3 is 14.6 Å². The Kier molecular flexibility index (Phi) is 3.96. The third kappa shape index (κ3) is 2.35. The number of hydrogen-bond acceptors (Lipinski definition) is 4. The molecular formula is C23H21N3O4. The van der Waals surface area contributed by atoms with E-state index in [4.69, 9.17) is 4.74 Å². The van der Waals surface area contributed by atoms with Gasteiger partial charge in [0.25, 0.3) is 5.91 Å². The number of H-pyrrole nitrogens is 1. The number of benzene rings is 2. The Morgan fingerprint density at radius 1 is 1.13 bits per heavy atom. The quantitative estimate of drug-likeness (QED) is 0.535. The summed E-state index contributed by atoms with van der Waals surface area (Å²) in [5, 5.41) is 1.09. The summed E-state index contributed by atoms with van der Waals surface area (Å²) in [7, 11) is 0. The van der Waals surface area contributed by atoms with E-state index in [0.717, 1.165) is 22.2 Å². The van der Waals surface area contributed by atoms with Gasteiger partial charge in [-0.25, -0.2) is 14.5 Å². The molecule has 2 aromatic carbocycles. The summed E-state index contributed by atoms with van der Waals surface area (Å²) in [5.41, 5.74) is 2.55. The second kappa shape index (κ2) is 6.45. The van der Waals surface area contributed by atoms with Crippen molar-refractivity contribution in [3.8, 4) is 0 Å². The summed E-state index contributed by atoms with van der Waals surface area (Å²) < 4.78 is 5.00. The molecular weight excluding hydrogens is 382 g/mol. The number of nitrogens with zero attached hydrogens (tertiary/aromatic N) is 2. The number of carbonyl (C=O) groups excluding carboxylic acids is 3. The molecule has 7 heteroatoms. The third-order valence-corrected chi connectivity index (χ3v) is 6.10. The first-order valence-electron chi connectivity index (χ1n) is 10.00. The lowest BCUT2D eigenvalue weighted by molar-refractivity contribution is -0.125. The smallest absolute Gasteiger partial charge is 0.338 e. The molecule has 0 spiro atoms. The van der Waals surface area contributed by atoms with E-state index in [1.165, 1.54) is 4.90 Å². The maximum Gasteiger partial charge on any atom is 0.338 e. The van der Waals surface area contributed by atoms with Crippen molar-refractivity contribution in [1.29, 1.82) is 0 Å². The number of ether oxygens (including phenoxy) is 1. The van der Waals surface area contributed by atoms with Crippen molar-refractivity contribution >= 4 is 34.5 Å². The molecule has 30 heavy (non-hydrogen) atoms. The molecule has 0 aliphatic carbocycles. The fraction of sp³-hybridized carbons (Fsp3) is 0.261. The van der Waals surface area contributed by atoms with Gasteiger partial charge in [0.2, 0.25) is 0 Å². The minimum atomic E-state index is -1.09. The van der Waals surface area contributed by atoms with E-state index in [9.17, 15) is 14.4 Å². The first kappa shape index (κ1) is 18.4. The van der Waals surface area contributed by atoms with Crippen LogP contribution < -0.4 is 4.90 Å². The van der Waals surface area contributed by atoms with Crippen LogP contribution in [0.2, 0.25) is 0 Å². The third-order valence-electron chi connectivity index (χ3n) is 6.10. The van der Waals surface area contributed by atoms with Crippen molar-refractivity contribution in [2.45, 2.75) is 25.8 Å². The van der Waals surface area contributed by atoms with E-state index in [1.807, 2.05) is 24.3 Å². The zero-order valence-electron chi connectivity index (χ0n) is 16.8. The lowest BCUT2D eigenvalue weighted by Crippen LogP contribution is -2.49. The van der Waals surface area contributed by atoms with Crippen molar-refractivity contribution in [1.82, 2.24) is 9.88 Å². The van der Waals surface area contributed by atoms with E-state index in [2.05, 4.69) is 4.98 Å². The number of para-hydroxylation sites is 1. The van der Waals surface area contributed by atoms with Gasteiger partial charge in [-0.1, -0.05) is 18.2 Å². The number of aromatic nitrogens is 1. The number of carbonyl (C=O) groups is 3. The predicted molar refractivity (Wildman–Crippen MR) is 111 cm³/mol. The number of anilines is 1. The van der Waals surface area contributed by atoms with Crippen molar-refractivity contribution in [2.24, 2.45) is 0 Å². The molecule has 1 aromatic heterocycles. The Labute approximate surface area is 173 Å². The Balaban J connectivity index is 1.56. The average molecular weight is 403 g/mol. The summed E-state index contributed by atoms with van der Waals surface area (Å²) in [6.07, 6.45) is 0.684. The van der Waals surface area contributed by atoms with E-state index in [1.54, 1.807) is 43.0 Å². The highest BCUT2D eigenvalue weighted by atomic mass is 16.5. The number of hydrogen-bond donors (Lipinski definition) is 1. The minimum Gasteiger partial charge on any atom is -0.462 e. The summed E-state index contributed by atoms with van der Waals surface area (Å²) in [6, 6.07) is 13.9. The van der Waals surface area contributed by atoms with Crippen molar-refractivity contribution < 1.29 is 19.1 Å². The maximum atomic E-state index is 13.6. The normalized spacial score (nSPS) is 20.5. The lowest BCUT2D eigenvalue weighted by Gasteiger charge is -2.35. The molecule has 3 amide bonds. The van der Waals surface area contributed by atoms with Gasteiger partial charge in [-0.3, -0.25) is 4.79 Å². The van der Waals surface area contributed by atoms with Crippen LogP contribution in [0.4, 0.5) is 10.5 Å². The zero-order valence-corrected chi connectivity index (χ0v) is 16.8. The van der Waals surface area contributed by atoms with Crippen LogP contribution in [0.1, 0.15) is 35.5 Å². The lowest BCUT2D eigenvalue weighted by atomic mass is 9.87. The maximum absolute atomic E-state index is 13.6. The van der Waals surface area contributed by atoms with Gasteiger partial charge in [0.1, 0.15) is 0 Å². The number of nitrogens with one attached hydrogen (secondary N) is 1. The van der Waals surface area contributed by atoms with E-state index >= 15 is 0 Å². The minimum absolute atomic E-state index is 0.282. The van der Waals surface area contributed by atoms with Crippen molar-refractivity contribution in [3.63, 3.8) is 0 Å². The molecule has 1 fully saturated rings. The molecule has 1 unspecified atom stereocenters. The molecule has 1 saturated heterocycles. The summed E-state index contributed by atoms with van der Waals surface area (Å²) in [5.74, 6) is -0.737. The van der Waals surface area contributed by atoms with Gasteiger partial charge in [-0.2, -0.15) is 0 Å². The number of amides is 3. The Bertz CT molecular complexity index is 1200. The average Bonchev–Trinajstić information content (AvgIpc) is 3.23. The molecule has 5 rings (SSSR count). The Hall–Kier alpha value is -3.61. The largest absolute Gasteiger partial charge is 0.462 e. The number of fused-ring (bicyclic) bond motifs is 5. The SMILES string of the molecule is CCOC(=O)c1ccc(N2C(=O)N3CCc4c([nH]c5ccccc45)C3(C)C2=O)cc1. The molecule has 3 aromatic rings. The molecule has 0 radical (unpaired) electrons. The van der Waals surface area contributed by atoms with Crippen LogP contribution in [-0.4, -0.2) is 40.9 Å². The fourth-order valence-corrected chi connectivity index (χ4v) is 4.58. The van der Waals surface area contributed by atoms with Crippen LogP contribution in [0.5, 0.6) is 0 Å². The summed E-state index contributed by atoms with van der Waals surface area (Å²) in [6.45, 7) is 4.29. The molecule has 1 atom stereocenters. The van der Waals surface area contributed by atoms with Gasteiger partial charge in [-0.05, 0) is 56.2 Å². The monoisotopic (exact) mass is 403 g/mol. The van der Waals surface area contributed by atoms with Crippen LogP contribution in [-0.2, 0) is 21.5 Å². The first-order chi connectivity index (χ1) is 14.5. The number of esters is 1. The molecule has 2 aliphatic heterocycles. The number of urea groups is 1. The second-order valence-corrected chi connectivity index (χ2v) is 7.69. The van der Waals surface area contributed by atoms with Crippen LogP contribution in [0.3, 0.4) is 0 Å². The second-order valence-electron chi connectivity index (χ2n) is 7.69. The van der Waals surface area contributed by atoms with Crippen LogP contribution >= 0.6 is 0 Å². The standard InChI is InChI=1S/C23H21N3O4/c1-3-30-20(27)14-8-10-15(11-9-14)26-21(28)23(2)19-17(12-13-25(23)22(26)29)16-6-4-5-7-18(16)24-19/h4-11,24H,3,12-13H2,1-2H3. The predicted octanol–water partition coefficient (Wildman–Crippen LogP) is 3.58. The first-order valence-corrected chi connectivity index (χ1v) is 10.00. The zero-order chi connectivity index (χ0) is 21.0. The molecule has 152 valence electrons. The number of imide groups is 1. The highest BCUT2D eigenvalue weighted by Gasteiger charge is 2.58. The van der Waals surface area contributed by atoms with E-state index in [0.29, 0.717) is 24.2 Å². The highest BCUT2D eigenvalue weighted by Crippen LogP contribution is 2.45. The van der Waals surface area contributed by atoms with Crippen molar-refractivity contribution in [3.05, 3.63) is 65.4 Å². The highest BCUT2D eigenvalue weighted by molar-refractivity contribution is 6.23. The van der Waals surface area contributed by atoms with Gasteiger partial charge >= 0.3 is 12.0 Å². The number of rotatable bonds is 3. The Morgan fingerprint density at radius 3 is 2.60 bits per heavy atom. The van der Waals surface area contributed by atoms with Crippen LogP contribution in [0.15, 0.2) is 48.5 Å². The van der Waals surface area contributed by atoms with Crippen LogP contribution in [0, 0.1) is 0 Å². The summed E-state index contributed by atoms with van der Waals surface area (Å²) in [4.78, 5) is 44.9. The number of aromatic amines is 1. The van der Waals surface area contributed by atoms with Gasteiger partial charge in [0, 0.05) is 17.4 Å². The van der Waals surface area contributed by atoms with Crippen LogP contribution in [0.25, 0.3) is 10.9 Å². The molecule has 3 heterocycles. The van der Waals surface area contributed by atoms with Crippen molar-refractivity contribution in [2.75, 3.05) is 18.1 Å².